The van der Waals surface area contributed by atoms with Crippen LogP contribution in [0.3, 0.4) is 0 Å². The molecule has 0 radical (unpaired) electrons. The Balaban J connectivity index is 1.70. The molecule has 1 fully saturated rings. The van der Waals surface area contributed by atoms with Crippen LogP contribution in [0.5, 0.6) is 0 Å². The van der Waals surface area contributed by atoms with Gasteiger partial charge in [0.15, 0.2) is 5.13 Å². The second kappa shape index (κ2) is 5.36. The first-order chi connectivity index (χ1) is 9.63. The molecule has 0 atom stereocenters. The zero-order valence-electron chi connectivity index (χ0n) is 12.1. The Morgan fingerprint density at radius 3 is 2.30 bits per heavy atom. The van der Waals surface area contributed by atoms with Crippen molar-refractivity contribution in [3.05, 3.63) is 28.7 Å². The third-order valence-electron chi connectivity index (χ3n) is 3.51. The van der Waals surface area contributed by atoms with Crippen molar-refractivity contribution >= 4 is 22.3 Å². The molecule has 0 amide bonds. The molecule has 20 heavy (non-hydrogen) atoms. The van der Waals surface area contributed by atoms with E-state index < -0.39 is 0 Å². The lowest BCUT2D eigenvalue weighted by molar-refractivity contribution is 0.641. The van der Waals surface area contributed by atoms with Crippen LogP contribution in [0.2, 0.25) is 0 Å². The summed E-state index contributed by atoms with van der Waals surface area (Å²) in [7, 11) is 0. The maximum Gasteiger partial charge on any atom is 0.185 e. The van der Waals surface area contributed by atoms with Gasteiger partial charge in [0.25, 0.3) is 0 Å². The molecule has 0 saturated carbocycles. The van der Waals surface area contributed by atoms with Gasteiger partial charge in [0, 0.05) is 37.8 Å². The number of aryl methyl sites for hydroxylation is 3. The second-order valence-electron chi connectivity index (χ2n) is 5.17. The Morgan fingerprint density at radius 2 is 1.65 bits per heavy atom. The van der Waals surface area contributed by atoms with Gasteiger partial charge in [0.1, 0.15) is 5.82 Å². The van der Waals surface area contributed by atoms with Crippen LogP contribution >= 0.6 is 11.3 Å². The molecule has 2 aromatic rings. The Kier molecular flexibility index (Phi) is 3.56. The van der Waals surface area contributed by atoms with E-state index in [-0.39, 0.29) is 0 Å². The van der Waals surface area contributed by atoms with Crippen molar-refractivity contribution in [1.82, 2.24) is 15.0 Å². The molecule has 3 rings (SSSR count). The minimum Gasteiger partial charge on any atom is -0.352 e. The van der Waals surface area contributed by atoms with Crippen LogP contribution in [-0.2, 0) is 0 Å². The van der Waals surface area contributed by atoms with Crippen LogP contribution in [0.15, 0.2) is 11.6 Å². The summed E-state index contributed by atoms with van der Waals surface area (Å²) in [6.07, 6.45) is 1.83. The van der Waals surface area contributed by atoms with Crippen molar-refractivity contribution in [2.45, 2.75) is 20.8 Å². The smallest absolute Gasteiger partial charge is 0.185 e. The lowest BCUT2D eigenvalue weighted by Gasteiger charge is -2.35. The molecule has 0 bridgehead atoms. The SMILES string of the molecule is Cc1csc(N2CCN(c3nc(C)cnc3C)CC2)n1. The first kappa shape index (κ1) is 13.3. The quantitative estimate of drug-likeness (QED) is 0.848. The van der Waals surface area contributed by atoms with Crippen molar-refractivity contribution in [1.29, 1.82) is 0 Å². The lowest BCUT2D eigenvalue weighted by atomic mass is 10.3. The van der Waals surface area contributed by atoms with E-state index in [0.29, 0.717) is 0 Å². The van der Waals surface area contributed by atoms with E-state index >= 15 is 0 Å². The van der Waals surface area contributed by atoms with Gasteiger partial charge in [0.05, 0.1) is 17.1 Å². The van der Waals surface area contributed by atoms with E-state index in [9.17, 15) is 0 Å². The molecule has 1 aliphatic rings. The molecule has 0 unspecified atom stereocenters. The number of piperazine rings is 1. The summed E-state index contributed by atoms with van der Waals surface area (Å²) < 4.78 is 0. The Hall–Kier alpha value is -1.69. The molecular weight excluding hydrogens is 270 g/mol. The first-order valence-corrected chi connectivity index (χ1v) is 7.74. The molecule has 6 heteroatoms. The predicted octanol–water partition coefficient (Wildman–Crippen LogP) is 2.18. The third kappa shape index (κ3) is 2.60. The first-order valence-electron chi connectivity index (χ1n) is 6.86. The van der Waals surface area contributed by atoms with Gasteiger partial charge in [-0.05, 0) is 20.8 Å². The van der Waals surface area contributed by atoms with Crippen molar-refractivity contribution in [3.63, 3.8) is 0 Å². The lowest BCUT2D eigenvalue weighted by Crippen LogP contribution is -2.47. The standard InChI is InChI=1S/C14H19N5S/c1-10-8-15-12(3)13(16-10)18-4-6-19(7-5-18)14-17-11(2)9-20-14/h8-9H,4-7H2,1-3H3. The van der Waals surface area contributed by atoms with Crippen LogP contribution in [-0.4, -0.2) is 41.1 Å². The maximum atomic E-state index is 4.63. The molecule has 1 aliphatic heterocycles. The molecule has 0 aliphatic carbocycles. The fraction of sp³-hybridized carbons (Fsp3) is 0.500. The van der Waals surface area contributed by atoms with Gasteiger partial charge in [-0.15, -0.1) is 11.3 Å². The number of hydrogen-bond acceptors (Lipinski definition) is 6. The molecule has 0 spiro atoms. The monoisotopic (exact) mass is 289 g/mol. The van der Waals surface area contributed by atoms with Crippen molar-refractivity contribution < 1.29 is 0 Å². The highest BCUT2D eigenvalue weighted by molar-refractivity contribution is 7.13. The predicted molar refractivity (Wildman–Crippen MR) is 82.8 cm³/mol. The highest BCUT2D eigenvalue weighted by Crippen LogP contribution is 2.23. The Morgan fingerprint density at radius 1 is 0.950 bits per heavy atom. The van der Waals surface area contributed by atoms with Crippen LogP contribution in [0.4, 0.5) is 10.9 Å². The largest absolute Gasteiger partial charge is 0.352 e. The van der Waals surface area contributed by atoms with Gasteiger partial charge >= 0.3 is 0 Å². The normalized spacial score (nSPS) is 15.8. The van der Waals surface area contributed by atoms with Crippen molar-refractivity contribution in [3.8, 4) is 0 Å². The second-order valence-corrected chi connectivity index (χ2v) is 6.00. The van der Waals surface area contributed by atoms with E-state index in [4.69, 9.17) is 0 Å². The Bertz CT molecular complexity index is 601. The Labute approximate surface area is 123 Å². The van der Waals surface area contributed by atoms with Gasteiger partial charge < -0.3 is 9.80 Å². The summed E-state index contributed by atoms with van der Waals surface area (Å²) in [4.78, 5) is 18.3. The molecule has 0 N–H and O–H groups in total. The summed E-state index contributed by atoms with van der Waals surface area (Å²) in [5.41, 5.74) is 3.09. The number of anilines is 2. The maximum absolute atomic E-state index is 4.63. The number of hydrogen-bond donors (Lipinski definition) is 0. The average Bonchev–Trinajstić information content (AvgIpc) is 2.88. The van der Waals surface area contributed by atoms with Gasteiger partial charge in [-0.3, -0.25) is 4.98 Å². The number of aromatic nitrogens is 3. The summed E-state index contributed by atoms with van der Waals surface area (Å²) >= 11 is 1.73. The van der Waals surface area contributed by atoms with Gasteiger partial charge in [-0.2, -0.15) is 0 Å². The fourth-order valence-corrected chi connectivity index (χ4v) is 3.28. The van der Waals surface area contributed by atoms with Crippen LogP contribution in [0.25, 0.3) is 0 Å². The topological polar surface area (TPSA) is 45.2 Å². The summed E-state index contributed by atoms with van der Waals surface area (Å²) in [6, 6.07) is 0. The van der Waals surface area contributed by atoms with E-state index in [0.717, 1.165) is 54.2 Å². The highest BCUT2D eigenvalue weighted by Gasteiger charge is 2.21. The third-order valence-corrected chi connectivity index (χ3v) is 4.53. The summed E-state index contributed by atoms with van der Waals surface area (Å²) in [5.74, 6) is 1.03. The molecule has 5 nitrogen and oxygen atoms in total. The molecule has 3 heterocycles. The van der Waals surface area contributed by atoms with Gasteiger partial charge in [-0.25, -0.2) is 9.97 Å². The van der Waals surface area contributed by atoms with E-state index in [1.165, 1.54) is 0 Å². The van der Waals surface area contributed by atoms with Crippen molar-refractivity contribution in [2.24, 2.45) is 0 Å². The molecule has 2 aromatic heterocycles. The highest BCUT2D eigenvalue weighted by atomic mass is 32.1. The number of thiazole rings is 1. The van der Waals surface area contributed by atoms with E-state index in [1.807, 2.05) is 27.0 Å². The minimum atomic E-state index is 0.970. The fourth-order valence-electron chi connectivity index (χ4n) is 2.42. The summed E-state index contributed by atoms with van der Waals surface area (Å²) in [5, 5.41) is 3.24. The van der Waals surface area contributed by atoms with E-state index in [2.05, 4.69) is 30.1 Å². The molecule has 1 saturated heterocycles. The van der Waals surface area contributed by atoms with Gasteiger partial charge in [0.2, 0.25) is 0 Å². The van der Waals surface area contributed by atoms with Gasteiger partial charge in [-0.1, -0.05) is 0 Å². The zero-order valence-corrected chi connectivity index (χ0v) is 12.9. The van der Waals surface area contributed by atoms with Crippen LogP contribution in [0, 0.1) is 20.8 Å². The average molecular weight is 289 g/mol. The molecular formula is C14H19N5S. The van der Waals surface area contributed by atoms with Crippen LogP contribution < -0.4 is 9.80 Å². The minimum absolute atomic E-state index is 0.970. The number of rotatable bonds is 2. The zero-order chi connectivity index (χ0) is 14.1. The summed E-state index contributed by atoms with van der Waals surface area (Å²) in [6.45, 7) is 9.98. The molecule has 0 aromatic carbocycles. The number of nitrogens with zero attached hydrogens (tertiary/aromatic N) is 5. The van der Waals surface area contributed by atoms with Crippen LogP contribution in [0.1, 0.15) is 17.1 Å². The van der Waals surface area contributed by atoms with E-state index in [1.54, 1.807) is 11.3 Å². The molecule has 106 valence electrons. The van der Waals surface area contributed by atoms with Crippen molar-refractivity contribution in [2.75, 3.05) is 36.0 Å².